The minimum absolute atomic E-state index is 0.0539. The molecule has 0 radical (unpaired) electrons. The van der Waals surface area contributed by atoms with Gasteiger partial charge in [-0.2, -0.15) is 0 Å². The smallest absolute Gasteiger partial charge is 0.335 e. The summed E-state index contributed by atoms with van der Waals surface area (Å²) < 4.78 is 17.7. The van der Waals surface area contributed by atoms with Crippen molar-refractivity contribution in [3.8, 4) is 29.6 Å². The molecule has 198 valence electrons. The molecule has 4 amide bonds. The van der Waals surface area contributed by atoms with Crippen LogP contribution in [0.2, 0.25) is 5.02 Å². The SMILES string of the molecule is C#CCOc1c(I)cc(/C=C2\C(=O)NC(=O)N(c3ccc(OCc4ccccc4Cl)cc3)C2=O)cc1OCC. The molecule has 1 N–H and O–H groups in total. The molecule has 0 saturated carbocycles. The number of carbonyl (C=O) groups excluding carboxylic acids is 3. The molecule has 1 saturated heterocycles. The second-order valence-corrected chi connectivity index (χ2v) is 9.66. The number of amides is 4. The van der Waals surface area contributed by atoms with Crippen molar-refractivity contribution in [1.29, 1.82) is 0 Å². The fourth-order valence-electron chi connectivity index (χ4n) is 3.71. The van der Waals surface area contributed by atoms with Gasteiger partial charge in [0.15, 0.2) is 11.5 Å². The van der Waals surface area contributed by atoms with Crippen LogP contribution in [0.3, 0.4) is 0 Å². The van der Waals surface area contributed by atoms with Crippen LogP contribution in [0.15, 0.2) is 66.2 Å². The first kappa shape index (κ1) is 28.0. The van der Waals surface area contributed by atoms with Gasteiger partial charge in [0.1, 0.15) is 24.5 Å². The van der Waals surface area contributed by atoms with Crippen molar-refractivity contribution < 1.29 is 28.6 Å². The molecule has 3 aromatic carbocycles. The molecule has 1 aliphatic rings. The maximum Gasteiger partial charge on any atom is 0.335 e. The number of ether oxygens (including phenoxy) is 3. The summed E-state index contributed by atoms with van der Waals surface area (Å²) in [5, 5.41) is 2.81. The normalized spacial score (nSPS) is 14.2. The van der Waals surface area contributed by atoms with Crippen LogP contribution < -0.4 is 24.4 Å². The van der Waals surface area contributed by atoms with Crippen LogP contribution in [-0.2, 0) is 16.2 Å². The molecule has 0 aliphatic carbocycles. The van der Waals surface area contributed by atoms with Gasteiger partial charge in [-0.25, -0.2) is 9.69 Å². The Hall–Kier alpha value is -4.01. The van der Waals surface area contributed by atoms with Gasteiger partial charge in [0.2, 0.25) is 0 Å². The third kappa shape index (κ3) is 6.53. The van der Waals surface area contributed by atoms with Gasteiger partial charge < -0.3 is 14.2 Å². The number of terminal acetylenes is 1. The molecule has 10 heteroatoms. The monoisotopic (exact) mass is 656 g/mol. The molecule has 0 aromatic heterocycles. The third-order valence-electron chi connectivity index (χ3n) is 5.49. The van der Waals surface area contributed by atoms with Gasteiger partial charge in [0, 0.05) is 10.6 Å². The summed E-state index contributed by atoms with van der Waals surface area (Å²) in [4.78, 5) is 39.5. The molecule has 1 aliphatic heterocycles. The van der Waals surface area contributed by atoms with Crippen LogP contribution in [-0.4, -0.2) is 31.1 Å². The molecule has 39 heavy (non-hydrogen) atoms. The van der Waals surface area contributed by atoms with Crippen molar-refractivity contribution in [3.63, 3.8) is 0 Å². The average molecular weight is 657 g/mol. The van der Waals surface area contributed by atoms with Crippen LogP contribution in [0.25, 0.3) is 6.08 Å². The van der Waals surface area contributed by atoms with Crippen molar-refractivity contribution >= 4 is 63.8 Å². The van der Waals surface area contributed by atoms with Gasteiger partial charge in [-0.05, 0) is 83.6 Å². The largest absolute Gasteiger partial charge is 0.490 e. The van der Waals surface area contributed by atoms with Gasteiger partial charge in [0.25, 0.3) is 11.8 Å². The van der Waals surface area contributed by atoms with Crippen LogP contribution in [0.4, 0.5) is 10.5 Å². The lowest BCUT2D eigenvalue weighted by atomic mass is 10.1. The van der Waals surface area contributed by atoms with Crippen LogP contribution >= 0.6 is 34.2 Å². The van der Waals surface area contributed by atoms with E-state index in [4.69, 9.17) is 32.2 Å². The minimum Gasteiger partial charge on any atom is -0.490 e. The number of nitrogens with zero attached hydrogens (tertiary/aromatic N) is 1. The Morgan fingerprint density at radius 1 is 1.05 bits per heavy atom. The van der Waals surface area contributed by atoms with Gasteiger partial charge in [0.05, 0.1) is 15.9 Å². The van der Waals surface area contributed by atoms with E-state index in [1.807, 2.05) is 25.1 Å². The molecule has 3 aromatic rings. The predicted molar refractivity (Wildman–Crippen MR) is 156 cm³/mol. The topological polar surface area (TPSA) is 94.2 Å². The van der Waals surface area contributed by atoms with Crippen molar-refractivity contribution in [2.24, 2.45) is 0 Å². The van der Waals surface area contributed by atoms with Gasteiger partial charge in [-0.15, -0.1) is 6.42 Å². The lowest BCUT2D eigenvalue weighted by molar-refractivity contribution is -0.122. The Kier molecular flexibility index (Phi) is 9.11. The number of benzene rings is 3. The van der Waals surface area contributed by atoms with Gasteiger partial charge in [-0.1, -0.05) is 35.7 Å². The quantitative estimate of drug-likeness (QED) is 0.140. The predicted octanol–water partition coefficient (Wildman–Crippen LogP) is 5.60. The Labute approximate surface area is 244 Å². The Morgan fingerprint density at radius 3 is 2.49 bits per heavy atom. The summed E-state index contributed by atoms with van der Waals surface area (Å²) in [6.45, 7) is 2.48. The lowest BCUT2D eigenvalue weighted by Gasteiger charge is -2.26. The highest BCUT2D eigenvalue weighted by atomic mass is 127. The molecule has 1 heterocycles. The molecule has 0 atom stereocenters. The third-order valence-corrected chi connectivity index (χ3v) is 6.66. The van der Waals surface area contributed by atoms with Crippen LogP contribution in [0, 0.1) is 15.9 Å². The number of rotatable bonds is 9. The first-order valence-corrected chi connectivity index (χ1v) is 13.2. The van der Waals surface area contributed by atoms with Gasteiger partial charge in [-0.3, -0.25) is 14.9 Å². The highest BCUT2D eigenvalue weighted by Crippen LogP contribution is 2.35. The van der Waals surface area contributed by atoms with E-state index in [9.17, 15) is 14.4 Å². The molecule has 0 unspecified atom stereocenters. The first-order valence-electron chi connectivity index (χ1n) is 11.7. The Balaban J connectivity index is 1.58. The van der Waals surface area contributed by atoms with Crippen molar-refractivity contribution in [2.45, 2.75) is 13.5 Å². The minimum atomic E-state index is -0.852. The van der Waals surface area contributed by atoms with Crippen molar-refractivity contribution in [2.75, 3.05) is 18.1 Å². The van der Waals surface area contributed by atoms with E-state index in [0.29, 0.717) is 38.0 Å². The Bertz CT molecular complexity index is 1500. The standard InChI is InChI=1S/C29H22ClIN2O6/c1-3-13-38-26-24(31)15-18(16-25(26)37-4-2)14-22-27(34)32-29(36)33(28(22)35)20-9-11-21(12-10-20)39-17-19-7-5-6-8-23(19)30/h1,5-12,14-16H,4,13,17H2,2H3,(H,32,34,36)/b22-14+. The number of nitrogens with one attached hydrogen (secondary N) is 1. The highest BCUT2D eigenvalue weighted by molar-refractivity contribution is 14.1. The molecule has 1 fully saturated rings. The zero-order valence-corrected chi connectivity index (χ0v) is 23.6. The second-order valence-electron chi connectivity index (χ2n) is 8.09. The summed E-state index contributed by atoms with van der Waals surface area (Å²) in [6.07, 6.45) is 6.70. The van der Waals surface area contributed by atoms with Crippen molar-refractivity contribution in [1.82, 2.24) is 5.32 Å². The second kappa shape index (κ2) is 12.7. The average Bonchev–Trinajstić information content (AvgIpc) is 2.91. The maximum absolute atomic E-state index is 13.3. The van der Waals surface area contributed by atoms with E-state index < -0.39 is 17.8 Å². The van der Waals surface area contributed by atoms with Crippen LogP contribution in [0.5, 0.6) is 17.2 Å². The zero-order chi connectivity index (χ0) is 27.9. The number of imide groups is 2. The lowest BCUT2D eigenvalue weighted by Crippen LogP contribution is -2.54. The number of carbonyl (C=O) groups is 3. The molecular formula is C29H22ClIN2O6. The molecule has 0 spiro atoms. The summed E-state index contributed by atoms with van der Waals surface area (Å²) in [5.41, 5.74) is 1.37. The number of anilines is 1. The molecule has 4 rings (SSSR count). The number of hydrogen-bond acceptors (Lipinski definition) is 6. The van der Waals surface area contributed by atoms with E-state index in [2.05, 4.69) is 33.8 Å². The van der Waals surface area contributed by atoms with E-state index in [1.54, 1.807) is 42.5 Å². The first-order chi connectivity index (χ1) is 18.8. The zero-order valence-electron chi connectivity index (χ0n) is 20.7. The van der Waals surface area contributed by atoms with Crippen LogP contribution in [0.1, 0.15) is 18.1 Å². The highest BCUT2D eigenvalue weighted by Gasteiger charge is 2.37. The number of urea groups is 1. The summed E-state index contributed by atoms with van der Waals surface area (Å²) in [6, 6.07) is 16.2. The maximum atomic E-state index is 13.3. The van der Waals surface area contributed by atoms with E-state index in [0.717, 1.165) is 10.5 Å². The van der Waals surface area contributed by atoms with E-state index in [1.165, 1.54) is 6.08 Å². The Morgan fingerprint density at radius 2 is 1.79 bits per heavy atom. The van der Waals surface area contributed by atoms with E-state index >= 15 is 0 Å². The molecule has 8 nitrogen and oxygen atoms in total. The number of hydrogen-bond donors (Lipinski definition) is 1. The number of halogens is 2. The summed E-state index contributed by atoms with van der Waals surface area (Å²) >= 11 is 8.23. The van der Waals surface area contributed by atoms with E-state index in [-0.39, 0.29) is 24.5 Å². The fourth-order valence-corrected chi connectivity index (χ4v) is 4.69. The molecule has 0 bridgehead atoms. The van der Waals surface area contributed by atoms with Gasteiger partial charge >= 0.3 is 6.03 Å². The summed E-state index contributed by atoms with van der Waals surface area (Å²) in [5.74, 6) is 2.23. The van der Waals surface area contributed by atoms with Crippen molar-refractivity contribution in [3.05, 3.63) is 86.0 Å². The number of barbiturate groups is 1. The summed E-state index contributed by atoms with van der Waals surface area (Å²) in [7, 11) is 0. The molecular weight excluding hydrogens is 635 g/mol. The fraction of sp³-hybridized carbons (Fsp3) is 0.138.